The van der Waals surface area contributed by atoms with E-state index >= 15 is 0 Å². The van der Waals surface area contributed by atoms with E-state index in [0.717, 1.165) is 19.3 Å². The highest BCUT2D eigenvalue weighted by atomic mass is 16.5. The second kappa shape index (κ2) is 7.84. The number of ether oxygens (including phenoxy) is 2. The summed E-state index contributed by atoms with van der Waals surface area (Å²) >= 11 is 0. The molecule has 0 bridgehead atoms. The van der Waals surface area contributed by atoms with Gasteiger partial charge in [-0.2, -0.15) is 0 Å². The zero-order chi connectivity index (χ0) is 22.3. The Labute approximate surface area is 181 Å². The third-order valence-electron chi connectivity index (χ3n) is 5.95. The van der Waals surface area contributed by atoms with Crippen LogP contribution in [0.25, 0.3) is 6.08 Å². The highest BCUT2D eigenvalue weighted by molar-refractivity contribution is 6.04. The lowest BCUT2D eigenvalue weighted by atomic mass is 9.89. The number of phenols is 3. The highest BCUT2D eigenvalue weighted by Gasteiger charge is 2.36. The molecule has 164 valence electrons. The lowest BCUT2D eigenvalue weighted by Gasteiger charge is -2.34. The molecule has 2 atom stereocenters. The van der Waals surface area contributed by atoms with Crippen molar-refractivity contribution in [3.63, 3.8) is 0 Å². The van der Waals surface area contributed by atoms with Crippen LogP contribution in [0.4, 0.5) is 0 Å². The van der Waals surface area contributed by atoms with Crippen molar-refractivity contribution in [1.82, 2.24) is 0 Å². The number of ketones is 1. The Morgan fingerprint density at radius 1 is 1.16 bits per heavy atom. The van der Waals surface area contributed by atoms with E-state index in [4.69, 9.17) is 9.47 Å². The first kappa shape index (κ1) is 21.1. The lowest BCUT2D eigenvalue weighted by Crippen LogP contribution is -2.32. The SMILES string of the molecule is CC(C)CCCC1(C)C=Cc2c(cc3c(c2O)C(=O)CC(c2ccc(O)cc2O)O3)O1. The minimum Gasteiger partial charge on any atom is -0.508 e. The molecule has 2 aliphatic heterocycles. The van der Waals surface area contributed by atoms with E-state index < -0.39 is 11.7 Å². The number of aromatic hydroxyl groups is 3. The summed E-state index contributed by atoms with van der Waals surface area (Å²) < 4.78 is 12.3. The molecule has 0 spiro atoms. The number of carbonyl (C=O) groups excluding carboxylic acids is 1. The van der Waals surface area contributed by atoms with Gasteiger partial charge in [-0.05, 0) is 50.0 Å². The summed E-state index contributed by atoms with van der Waals surface area (Å²) in [6, 6.07) is 5.81. The van der Waals surface area contributed by atoms with Gasteiger partial charge < -0.3 is 24.8 Å². The fraction of sp³-hybridized carbons (Fsp3) is 0.400. The molecule has 3 N–H and O–H groups in total. The molecular weight excluding hydrogens is 396 g/mol. The maximum atomic E-state index is 12.9. The Hall–Kier alpha value is -3.15. The van der Waals surface area contributed by atoms with E-state index in [1.54, 1.807) is 6.07 Å². The first-order valence-corrected chi connectivity index (χ1v) is 10.7. The van der Waals surface area contributed by atoms with E-state index in [-0.39, 0.29) is 40.8 Å². The summed E-state index contributed by atoms with van der Waals surface area (Å²) in [5, 5.41) is 30.5. The first-order chi connectivity index (χ1) is 14.7. The Balaban J connectivity index is 1.64. The van der Waals surface area contributed by atoms with Crippen LogP contribution in [0.15, 0.2) is 30.3 Å². The molecule has 4 rings (SSSR count). The summed E-state index contributed by atoms with van der Waals surface area (Å²) in [6.07, 6.45) is 5.95. The predicted octanol–water partition coefficient (Wildman–Crippen LogP) is 5.50. The number of rotatable bonds is 5. The van der Waals surface area contributed by atoms with Gasteiger partial charge in [0.15, 0.2) is 5.78 Å². The minimum atomic E-state index is -0.727. The quantitative estimate of drug-likeness (QED) is 0.586. The van der Waals surface area contributed by atoms with Crippen molar-refractivity contribution in [2.24, 2.45) is 5.92 Å². The van der Waals surface area contributed by atoms with Gasteiger partial charge in [0.1, 0.15) is 46.0 Å². The van der Waals surface area contributed by atoms with E-state index in [2.05, 4.69) is 13.8 Å². The van der Waals surface area contributed by atoms with Gasteiger partial charge in [0.2, 0.25) is 0 Å². The fourth-order valence-electron chi connectivity index (χ4n) is 4.23. The molecule has 2 aliphatic rings. The maximum absolute atomic E-state index is 12.9. The summed E-state index contributed by atoms with van der Waals surface area (Å²) in [4.78, 5) is 12.9. The Morgan fingerprint density at radius 2 is 1.94 bits per heavy atom. The Kier molecular flexibility index (Phi) is 5.33. The lowest BCUT2D eigenvalue weighted by molar-refractivity contribution is 0.0837. The molecule has 0 aromatic heterocycles. The van der Waals surface area contributed by atoms with Crippen LogP contribution in [0.5, 0.6) is 28.7 Å². The molecule has 6 nitrogen and oxygen atoms in total. The van der Waals surface area contributed by atoms with Crippen LogP contribution >= 0.6 is 0 Å². The average Bonchev–Trinajstić information content (AvgIpc) is 2.66. The summed E-state index contributed by atoms with van der Waals surface area (Å²) in [6.45, 7) is 6.39. The van der Waals surface area contributed by atoms with Crippen molar-refractivity contribution in [3.8, 4) is 28.7 Å². The van der Waals surface area contributed by atoms with Gasteiger partial charge in [-0.15, -0.1) is 0 Å². The summed E-state index contributed by atoms with van der Waals surface area (Å²) in [5.41, 5.74) is 0.497. The molecule has 0 fully saturated rings. The van der Waals surface area contributed by atoms with Crippen LogP contribution in [-0.4, -0.2) is 26.7 Å². The molecule has 0 radical (unpaired) electrons. The Morgan fingerprint density at radius 3 is 2.65 bits per heavy atom. The monoisotopic (exact) mass is 424 g/mol. The zero-order valence-electron chi connectivity index (χ0n) is 18.0. The molecule has 6 heteroatoms. The van der Waals surface area contributed by atoms with Gasteiger partial charge in [0.05, 0.1) is 12.0 Å². The molecule has 31 heavy (non-hydrogen) atoms. The molecule has 2 aromatic rings. The van der Waals surface area contributed by atoms with E-state index in [0.29, 0.717) is 22.8 Å². The van der Waals surface area contributed by atoms with Gasteiger partial charge in [0, 0.05) is 17.7 Å². The van der Waals surface area contributed by atoms with Crippen LogP contribution < -0.4 is 9.47 Å². The van der Waals surface area contributed by atoms with Crippen molar-refractivity contribution in [1.29, 1.82) is 0 Å². The van der Waals surface area contributed by atoms with Gasteiger partial charge in [-0.25, -0.2) is 0 Å². The standard InChI is InChI=1S/C25H28O6/c1-14(2)5-4-9-25(3)10-8-17-21(31-25)13-22-23(24(17)29)19(28)12-20(30-22)16-7-6-15(26)11-18(16)27/h6-8,10-11,13-14,20,26-27,29H,4-5,9,12H2,1-3H3. The van der Waals surface area contributed by atoms with Crippen molar-refractivity contribution >= 4 is 11.9 Å². The number of hydrogen-bond donors (Lipinski definition) is 3. The van der Waals surface area contributed by atoms with Crippen molar-refractivity contribution in [2.45, 2.75) is 58.2 Å². The number of phenolic OH excluding ortho intramolecular Hbond substituents is 3. The second-order valence-electron chi connectivity index (χ2n) is 9.02. The molecule has 0 aliphatic carbocycles. The van der Waals surface area contributed by atoms with Crippen molar-refractivity contribution in [3.05, 3.63) is 47.0 Å². The van der Waals surface area contributed by atoms with Gasteiger partial charge in [-0.3, -0.25) is 4.79 Å². The van der Waals surface area contributed by atoms with Crippen LogP contribution in [0.2, 0.25) is 0 Å². The van der Waals surface area contributed by atoms with Crippen LogP contribution in [0.3, 0.4) is 0 Å². The summed E-state index contributed by atoms with van der Waals surface area (Å²) in [5.74, 6) is 0.656. The highest BCUT2D eigenvalue weighted by Crippen LogP contribution is 2.48. The van der Waals surface area contributed by atoms with E-state index in [1.807, 2.05) is 19.1 Å². The molecule has 2 aromatic carbocycles. The van der Waals surface area contributed by atoms with Gasteiger partial charge in [-0.1, -0.05) is 20.3 Å². The zero-order valence-corrected chi connectivity index (χ0v) is 18.0. The van der Waals surface area contributed by atoms with Crippen LogP contribution in [-0.2, 0) is 0 Å². The molecule has 0 saturated carbocycles. The third-order valence-corrected chi connectivity index (χ3v) is 5.95. The Bertz CT molecular complexity index is 1050. The van der Waals surface area contributed by atoms with Crippen LogP contribution in [0, 0.1) is 5.92 Å². The number of hydrogen-bond acceptors (Lipinski definition) is 6. The normalized spacial score (nSPS) is 21.9. The van der Waals surface area contributed by atoms with E-state index in [1.165, 1.54) is 18.2 Å². The predicted molar refractivity (Wildman–Crippen MR) is 117 cm³/mol. The number of carbonyl (C=O) groups is 1. The molecular formula is C25H28O6. The summed E-state index contributed by atoms with van der Waals surface area (Å²) in [7, 11) is 0. The third kappa shape index (κ3) is 4.07. The molecule has 2 heterocycles. The second-order valence-corrected chi connectivity index (χ2v) is 9.02. The number of fused-ring (bicyclic) bond motifs is 2. The minimum absolute atomic E-state index is 0.0326. The van der Waals surface area contributed by atoms with Gasteiger partial charge in [0.25, 0.3) is 0 Å². The van der Waals surface area contributed by atoms with Gasteiger partial charge >= 0.3 is 0 Å². The number of Topliss-reactive ketones (excluding diaryl/α,β-unsaturated/α-hetero) is 1. The molecule has 0 amide bonds. The first-order valence-electron chi connectivity index (χ1n) is 10.7. The van der Waals surface area contributed by atoms with Crippen molar-refractivity contribution in [2.75, 3.05) is 0 Å². The van der Waals surface area contributed by atoms with E-state index in [9.17, 15) is 20.1 Å². The smallest absolute Gasteiger partial charge is 0.174 e. The fourth-order valence-corrected chi connectivity index (χ4v) is 4.23. The number of benzene rings is 2. The largest absolute Gasteiger partial charge is 0.508 e. The maximum Gasteiger partial charge on any atom is 0.174 e. The topological polar surface area (TPSA) is 96.2 Å². The molecule has 2 unspecified atom stereocenters. The van der Waals surface area contributed by atoms with Crippen LogP contribution in [0.1, 0.15) is 74.0 Å². The average molecular weight is 424 g/mol. The van der Waals surface area contributed by atoms with Crippen molar-refractivity contribution < 1.29 is 29.6 Å². The molecule has 0 saturated heterocycles.